The minimum Gasteiger partial charge on any atom is -0.466 e. The molecule has 1 amide bonds. The van der Waals surface area contributed by atoms with Crippen LogP contribution in [0.3, 0.4) is 0 Å². The van der Waals surface area contributed by atoms with E-state index in [-0.39, 0.29) is 18.5 Å². The average Bonchev–Trinajstić information content (AvgIpc) is 3.37. The Morgan fingerprint density at radius 3 is 0.859 bits per heavy atom. The van der Waals surface area contributed by atoms with Gasteiger partial charge in [-0.3, -0.25) is 9.59 Å². The number of nitrogens with one attached hydrogen (secondary N) is 1. The fourth-order valence-electron chi connectivity index (χ4n) is 10.6. The molecule has 0 bridgehead atoms. The van der Waals surface area contributed by atoms with Gasteiger partial charge >= 0.3 is 5.97 Å². The molecule has 0 aromatic heterocycles. The van der Waals surface area contributed by atoms with Crippen LogP contribution in [0.5, 0.6) is 0 Å². The van der Waals surface area contributed by atoms with Crippen LogP contribution < -0.4 is 5.32 Å². The molecule has 0 fully saturated rings. The highest BCUT2D eigenvalue weighted by Gasteiger charge is 2.20. The van der Waals surface area contributed by atoms with E-state index >= 15 is 0 Å². The molecule has 71 heavy (non-hydrogen) atoms. The van der Waals surface area contributed by atoms with E-state index in [1.807, 2.05) is 0 Å². The molecule has 3 N–H and O–H groups in total. The van der Waals surface area contributed by atoms with Gasteiger partial charge in [-0.15, -0.1) is 0 Å². The molecule has 2 unspecified atom stereocenters. The highest BCUT2D eigenvalue weighted by molar-refractivity contribution is 5.76. The summed E-state index contributed by atoms with van der Waals surface area (Å²) in [7, 11) is 0. The van der Waals surface area contributed by atoms with Crippen LogP contribution >= 0.6 is 0 Å². The van der Waals surface area contributed by atoms with Crippen LogP contribution in [0, 0.1) is 0 Å². The van der Waals surface area contributed by atoms with Gasteiger partial charge in [0.15, 0.2) is 0 Å². The highest BCUT2D eigenvalue weighted by Crippen LogP contribution is 2.19. The maximum Gasteiger partial charge on any atom is 0.305 e. The van der Waals surface area contributed by atoms with Gasteiger partial charge in [0.2, 0.25) is 5.91 Å². The predicted octanol–water partition coefficient (Wildman–Crippen LogP) is 20.6. The van der Waals surface area contributed by atoms with Crippen molar-refractivity contribution in [2.24, 2.45) is 0 Å². The molecule has 0 aromatic carbocycles. The van der Waals surface area contributed by atoms with Crippen LogP contribution in [0.1, 0.15) is 380 Å². The number of esters is 1. The summed E-state index contributed by atoms with van der Waals surface area (Å²) in [4.78, 5) is 24.6. The van der Waals surface area contributed by atoms with Crippen molar-refractivity contribution in [2.45, 2.75) is 392 Å². The number of carbonyl (C=O) groups is 2. The van der Waals surface area contributed by atoms with Gasteiger partial charge in [-0.25, -0.2) is 0 Å². The lowest BCUT2D eigenvalue weighted by Gasteiger charge is -2.22. The third-order valence-electron chi connectivity index (χ3n) is 15.7. The number of hydrogen-bond donors (Lipinski definition) is 3. The second-order valence-corrected chi connectivity index (χ2v) is 22.8. The number of amides is 1. The second-order valence-electron chi connectivity index (χ2n) is 22.8. The summed E-state index contributed by atoms with van der Waals surface area (Å²) in [5, 5.41) is 23.3. The van der Waals surface area contributed by atoms with E-state index in [2.05, 4.69) is 19.2 Å². The molecule has 0 aliphatic heterocycles. The molecule has 0 saturated heterocycles. The number of unbranched alkanes of at least 4 members (excludes halogenated alkanes) is 51. The van der Waals surface area contributed by atoms with Crippen LogP contribution in [-0.2, 0) is 14.3 Å². The Morgan fingerprint density at radius 2 is 0.577 bits per heavy atom. The van der Waals surface area contributed by atoms with Gasteiger partial charge < -0.3 is 20.3 Å². The Bertz CT molecular complexity index is 1020. The molecular weight excluding hydrogens is 875 g/mol. The molecule has 0 aliphatic carbocycles. The van der Waals surface area contributed by atoms with E-state index in [9.17, 15) is 19.8 Å². The van der Waals surface area contributed by atoms with E-state index in [1.54, 1.807) is 0 Å². The minimum atomic E-state index is -0.664. The predicted molar refractivity (Wildman–Crippen MR) is 310 cm³/mol. The number of hydrogen-bond acceptors (Lipinski definition) is 5. The van der Waals surface area contributed by atoms with Gasteiger partial charge in [-0.05, 0) is 25.7 Å². The van der Waals surface area contributed by atoms with Crippen molar-refractivity contribution < 1.29 is 24.5 Å². The van der Waals surface area contributed by atoms with Crippen molar-refractivity contribution in [3.8, 4) is 0 Å². The lowest BCUT2D eigenvalue weighted by Crippen LogP contribution is -2.45. The molecule has 424 valence electrons. The van der Waals surface area contributed by atoms with Crippen molar-refractivity contribution in [1.82, 2.24) is 5.32 Å². The van der Waals surface area contributed by atoms with E-state index < -0.39 is 12.1 Å². The number of aliphatic hydroxyl groups excluding tert-OH is 2. The Labute approximate surface area is 445 Å². The van der Waals surface area contributed by atoms with Crippen molar-refractivity contribution in [2.75, 3.05) is 13.2 Å². The lowest BCUT2D eigenvalue weighted by atomic mass is 10.0. The van der Waals surface area contributed by atoms with Gasteiger partial charge in [0.05, 0.1) is 25.4 Å². The van der Waals surface area contributed by atoms with Gasteiger partial charge in [-0.2, -0.15) is 0 Å². The molecule has 6 nitrogen and oxygen atoms in total. The highest BCUT2D eigenvalue weighted by atomic mass is 16.5. The summed E-state index contributed by atoms with van der Waals surface area (Å²) in [5.41, 5.74) is 0. The molecule has 0 rings (SSSR count). The molecule has 0 aliphatic rings. The normalized spacial score (nSPS) is 12.5. The van der Waals surface area contributed by atoms with Crippen LogP contribution in [0.15, 0.2) is 0 Å². The SMILES string of the molecule is CCCCCCCCCCCCCCCCCCCC(=O)OCCCCCCCCCCCCCCCCCCCCCCCC(=O)NC(CO)C(O)CCCCCCCCCCCCCCCCCC. The first kappa shape index (κ1) is 69.9. The Morgan fingerprint density at radius 1 is 0.338 bits per heavy atom. The van der Waals surface area contributed by atoms with Gasteiger partial charge in [0.1, 0.15) is 0 Å². The van der Waals surface area contributed by atoms with Crippen LogP contribution in [0.25, 0.3) is 0 Å². The number of aliphatic hydroxyl groups is 2. The Kier molecular flexibility index (Phi) is 60.4. The number of ether oxygens (including phenoxy) is 1. The number of carbonyl (C=O) groups excluding carboxylic acids is 2. The van der Waals surface area contributed by atoms with Crippen LogP contribution in [-0.4, -0.2) is 47.4 Å². The van der Waals surface area contributed by atoms with Crippen LogP contribution in [0.4, 0.5) is 0 Å². The quantitative estimate of drug-likeness (QED) is 0.0417. The van der Waals surface area contributed by atoms with E-state index in [4.69, 9.17) is 4.74 Å². The third kappa shape index (κ3) is 58.0. The topological polar surface area (TPSA) is 95.9 Å². The lowest BCUT2D eigenvalue weighted by molar-refractivity contribution is -0.143. The maximum atomic E-state index is 12.5. The van der Waals surface area contributed by atoms with E-state index in [1.165, 1.54) is 308 Å². The summed E-state index contributed by atoms with van der Waals surface area (Å²) in [5.74, 6) is -0.0149. The third-order valence-corrected chi connectivity index (χ3v) is 15.7. The molecule has 0 heterocycles. The molecular formula is C65H129NO5. The van der Waals surface area contributed by atoms with Crippen molar-refractivity contribution >= 4 is 11.9 Å². The molecule has 0 aromatic rings. The zero-order chi connectivity index (χ0) is 51.4. The fraction of sp³-hybridized carbons (Fsp3) is 0.969. The summed E-state index contributed by atoms with van der Waals surface area (Å²) in [6.45, 7) is 4.99. The first-order chi connectivity index (χ1) is 35.0. The monoisotopic (exact) mass is 1000 g/mol. The van der Waals surface area contributed by atoms with Crippen LogP contribution in [0.2, 0.25) is 0 Å². The first-order valence-electron chi connectivity index (χ1n) is 32.8. The second kappa shape index (κ2) is 61.4. The minimum absolute atomic E-state index is 0.0172. The van der Waals surface area contributed by atoms with Crippen molar-refractivity contribution in [3.63, 3.8) is 0 Å². The van der Waals surface area contributed by atoms with Gasteiger partial charge in [-0.1, -0.05) is 341 Å². The molecule has 0 radical (unpaired) electrons. The van der Waals surface area contributed by atoms with E-state index in [0.29, 0.717) is 25.9 Å². The maximum absolute atomic E-state index is 12.5. The van der Waals surface area contributed by atoms with Crippen molar-refractivity contribution in [3.05, 3.63) is 0 Å². The zero-order valence-corrected chi connectivity index (χ0v) is 48.5. The first-order valence-corrected chi connectivity index (χ1v) is 32.8. The molecule has 0 spiro atoms. The van der Waals surface area contributed by atoms with Gasteiger partial charge in [0, 0.05) is 12.8 Å². The average molecular weight is 1000 g/mol. The molecule has 0 saturated carbocycles. The summed E-state index contributed by atoms with van der Waals surface area (Å²) >= 11 is 0. The van der Waals surface area contributed by atoms with Crippen molar-refractivity contribution in [1.29, 1.82) is 0 Å². The number of rotatable bonds is 62. The largest absolute Gasteiger partial charge is 0.466 e. The molecule has 6 heteroatoms. The summed E-state index contributed by atoms with van der Waals surface area (Å²) in [6.07, 6.45) is 72.6. The standard InChI is InChI=1S/C65H129NO5/c1-3-5-7-9-11-13-15-17-19-26-31-35-39-43-47-51-55-59-65(70)71-60-56-52-48-44-40-36-32-28-25-23-21-22-24-27-30-34-38-42-46-50-54-58-64(69)66-62(61-67)63(68)57-53-49-45-41-37-33-29-20-18-16-14-12-10-8-6-4-2/h62-63,67-68H,3-61H2,1-2H3,(H,66,69). The van der Waals surface area contributed by atoms with Gasteiger partial charge in [0.25, 0.3) is 0 Å². The summed E-state index contributed by atoms with van der Waals surface area (Å²) < 4.78 is 5.50. The summed E-state index contributed by atoms with van der Waals surface area (Å²) in [6, 6.07) is -0.541. The Balaban J connectivity index is 3.35. The van der Waals surface area contributed by atoms with E-state index in [0.717, 1.165) is 38.5 Å². The fourth-order valence-corrected chi connectivity index (χ4v) is 10.6. The Hall–Kier alpha value is -1.14. The zero-order valence-electron chi connectivity index (χ0n) is 48.5. The molecule has 2 atom stereocenters. The smallest absolute Gasteiger partial charge is 0.305 e.